The van der Waals surface area contributed by atoms with E-state index in [0.29, 0.717) is 28.2 Å². The van der Waals surface area contributed by atoms with Crippen molar-refractivity contribution in [2.45, 2.75) is 13.3 Å². The number of carboxylic acid groups (broad SMARTS) is 1. The minimum Gasteiger partial charge on any atom is -0.481 e. The van der Waals surface area contributed by atoms with Crippen molar-refractivity contribution in [1.82, 2.24) is 19.9 Å². The van der Waals surface area contributed by atoms with Gasteiger partial charge in [-0.25, -0.2) is 15.0 Å². The zero-order chi connectivity index (χ0) is 18.5. The predicted molar refractivity (Wildman–Crippen MR) is 99.2 cm³/mol. The molecule has 9 nitrogen and oxygen atoms in total. The Hall–Kier alpha value is -2.30. The van der Waals surface area contributed by atoms with Gasteiger partial charge in [-0.3, -0.25) is 9.69 Å². The zero-order valence-electron chi connectivity index (χ0n) is 14.6. The second-order valence-electron chi connectivity index (χ2n) is 6.04. The molecule has 1 aliphatic rings. The molecule has 1 aliphatic heterocycles. The van der Waals surface area contributed by atoms with Crippen molar-refractivity contribution in [3.63, 3.8) is 0 Å². The highest BCUT2D eigenvalue weighted by molar-refractivity contribution is 7.15. The van der Waals surface area contributed by atoms with Gasteiger partial charge in [0.2, 0.25) is 0 Å². The fraction of sp³-hybridized carbons (Fsp3) is 0.500. The van der Waals surface area contributed by atoms with Gasteiger partial charge in [-0.2, -0.15) is 0 Å². The van der Waals surface area contributed by atoms with Gasteiger partial charge >= 0.3 is 5.97 Å². The molecule has 140 valence electrons. The summed E-state index contributed by atoms with van der Waals surface area (Å²) in [5.41, 5.74) is 0. The molecule has 0 bridgehead atoms. The monoisotopic (exact) mass is 378 g/mol. The molecule has 0 amide bonds. The van der Waals surface area contributed by atoms with Gasteiger partial charge in [0.25, 0.3) is 0 Å². The number of aliphatic hydroxyl groups excluding tert-OH is 1. The lowest BCUT2D eigenvalue weighted by Gasteiger charge is -2.35. The Balaban J connectivity index is 1.68. The van der Waals surface area contributed by atoms with Crippen LogP contribution in [-0.4, -0.2) is 75.4 Å². The number of piperazine rings is 1. The van der Waals surface area contributed by atoms with Crippen molar-refractivity contribution in [2.75, 3.05) is 49.5 Å². The summed E-state index contributed by atoms with van der Waals surface area (Å²) in [6, 6.07) is 1.88. The SMILES string of the molecule is Cc1nc(Nc2ncc(CC(=O)O)s2)cc(N2CCN(CCO)CC2)n1. The number of rotatable bonds is 7. The molecule has 3 rings (SSSR count). The molecule has 1 saturated heterocycles. The summed E-state index contributed by atoms with van der Waals surface area (Å²) < 4.78 is 0. The Labute approximate surface area is 155 Å². The molecule has 26 heavy (non-hydrogen) atoms. The first-order valence-corrected chi connectivity index (χ1v) is 9.22. The van der Waals surface area contributed by atoms with Crippen LogP contribution in [0, 0.1) is 6.92 Å². The summed E-state index contributed by atoms with van der Waals surface area (Å²) >= 11 is 1.30. The lowest BCUT2D eigenvalue weighted by atomic mass is 10.3. The van der Waals surface area contributed by atoms with E-state index in [1.165, 1.54) is 11.3 Å². The molecule has 3 heterocycles. The molecule has 0 atom stereocenters. The van der Waals surface area contributed by atoms with E-state index >= 15 is 0 Å². The number of thiazole rings is 1. The first-order valence-electron chi connectivity index (χ1n) is 8.41. The average molecular weight is 378 g/mol. The number of hydrogen-bond donors (Lipinski definition) is 3. The fourth-order valence-corrected chi connectivity index (χ4v) is 3.64. The van der Waals surface area contributed by atoms with Crippen molar-refractivity contribution >= 4 is 34.1 Å². The van der Waals surface area contributed by atoms with Crippen LogP contribution in [0.3, 0.4) is 0 Å². The van der Waals surface area contributed by atoms with Crippen LogP contribution in [0.5, 0.6) is 0 Å². The molecular formula is C16H22N6O3S. The minimum atomic E-state index is -0.874. The topological polar surface area (TPSA) is 115 Å². The maximum absolute atomic E-state index is 10.8. The second-order valence-corrected chi connectivity index (χ2v) is 7.15. The number of nitrogens with zero attached hydrogens (tertiary/aromatic N) is 5. The standard InChI is InChI=1S/C16H22N6O3S/c1-11-18-13(20-16-17-10-12(26-16)8-15(24)25)9-14(19-11)22-4-2-21(3-5-22)6-7-23/h9-10,23H,2-8H2,1H3,(H,24,25)(H,17,18,19,20). The third kappa shape index (κ3) is 4.87. The molecular weight excluding hydrogens is 356 g/mol. The second kappa shape index (κ2) is 8.39. The highest BCUT2D eigenvalue weighted by Gasteiger charge is 2.18. The van der Waals surface area contributed by atoms with Crippen molar-refractivity contribution in [3.05, 3.63) is 23.0 Å². The Morgan fingerprint density at radius 1 is 1.31 bits per heavy atom. The maximum atomic E-state index is 10.8. The first kappa shape index (κ1) is 18.5. The summed E-state index contributed by atoms with van der Waals surface area (Å²) in [4.78, 5) is 29.0. The molecule has 3 N–H and O–H groups in total. The maximum Gasteiger partial charge on any atom is 0.308 e. The number of aryl methyl sites for hydroxylation is 1. The van der Waals surface area contributed by atoms with Crippen LogP contribution in [0.4, 0.5) is 16.8 Å². The Kier molecular flexibility index (Phi) is 5.96. The van der Waals surface area contributed by atoms with Gasteiger partial charge in [-0.15, -0.1) is 11.3 Å². The number of carbonyl (C=O) groups is 1. The minimum absolute atomic E-state index is 0.0362. The van der Waals surface area contributed by atoms with Crippen LogP contribution in [0.1, 0.15) is 10.7 Å². The van der Waals surface area contributed by atoms with Crippen LogP contribution >= 0.6 is 11.3 Å². The molecule has 0 radical (unpaired) electrons. The van der Waals surface area contributed by atoms with E-state index in [9.17, 15) is 4.79 Å². The summed E-state index contributed by atoms with van der Waals surface area (Å²) in [5.74, 6) is 1.28. The number of nitrogens with one attached hydrogen (secondary N) is 1. The number of aliphatic carboxylic acids is 1. The smallest absolute Gasteiger partial charge is 0.308 e. The number of carboxylic acids is 1. The molecule has 10 heteroatoms. The van der Waals surface area contributed by atoms with Crippen LogP contribution in [0.2, 0.25) is 0 Å². The fourth-order valence-electron chi connectivity index (χ4n) is 2.83. The van der Waals surface area contributed by atoms with Crippen LogP contribution in [0.25, 0.3) is 0 Å². The van der Waals surface area contributed by atoms with E-state index in [1.54, 1.807) is 6.20 Å². The van der Waals surface area contributed by atoms with Gasteiger partial charge < -0.3 is 20.4 Å². The van der Waals surface area contributed by atoms with Gasteiger partial charge in [0.15, 0.2) is 5.13 Å². The number of anilines is 3. The largest absolute Gasteiger partial charge is 0.481 e. The number of hydrogen-bond acceptors (Lipinski definition) is 9. The first-order chi connectivity index (χ1) is 12.5. The normalized spacial score (nSPS) is 15.2. The van der Waals surface area contributed by atoms with Crippen LogP contribution in [0.15, 0.2) is 12.3 Å². The third-order valence-electron chi connectivity index (χ3n) is 4.05. The van der Waals surface area contributed by atoms with Gasteiger partial charge in [-0.05, 0) is 6.92 Å². The Morgan fingerprint density at radius 3 is 2.77 bits per heavy atom. The summed E-state index contributed by atoms with van der Waals surface area (Å²) in [6.07, 6.45) is 1.53. The van der Waals surface area contributed by atoms with E-state index < -0.39 is 5.97 Å². The predicted octanol–water partition coefficient (Wildman–Crippen LogP) is 0.727. The number of aliphatic hydroxyl groups is 1. The van der Waals surface area contributed by atoms with Crippen molar-refractivity contribution in [1.29, 1.82) is 0 Å². The molecule has 0 aromatic carbocycles. The lowest BCUT2D eigenvalue weighted by molar-refractivity contribution is -0.136. The molecule has 0 spiro atoms. The van der Waals surface area contributed by atoms with E-state index in [0.717, 1.165) is 32.0 Å². The summed E-state index contributed by atoms with van der Waals surface area (Å²) in [5, 5.41) is 21.6. The molecule has 2 aromatic heterocycles. The van der Waals surface area contributed by atoms with Crippen LogP contribution in [-0.2, 0) is 11.2 Å². The molecule has 0 unspecified atom stereocenters. The lowest BCUT2D eigenvalue weighted by Crippen LogP contribution is -2.47. The van der Waals surface area contributed by atoms with E-state index in [-0.39, 0.29) is 13.0 Å². The number of aromatic nitrogens is 3. The molecule has 1 fully saturated rings. The van der Waals surface area contributed by atoms with E-state index in [4.69, 9.17) is 10.2 Å². The van der Waals surface area contributed by atoms with E-state index in [1.807, 2.05) is 13.0 Å². The summed E-state index contributed by atoms with van der Waals surface area (Å²) in [7, 11) is 0. The molecule has 2 aromatic rings. The highest BCUT2D eigenvalue weighted by atomic mass is 32.1. The molecule has 0 aliphatic carbocycles. The van der Waals surface area contributed by atoms with Crippen LogP contribution < -0.4 is 10.2 Å². The molecule has 0 saturated carbocycles. The van der Waals surface area contributed by atoms with Gasteiger partial charge in [-0.1, -0.05) is 0 Å². The van der Waals surface area contributed by atoms with E-state index in [2.05, 4.69) is 30.1 Å². The highest BCUT2D eigenvalue weighted by Crippen LogP contribution is 2.24. The van der Waals surface area contributed by atoms with Gasteiger partial charge in [0, 0.05) is 49.9 Å². The quantitative estimate of drug-likeness (QED) is 0.641. The Morgan fingerprint density at radius 2 is 2.08 bits per heavy atom. The van der Waals surface area contributed by atoms with Crippen molar-refractivity contribution in [2.24, 2.45) is 0 Å². The zero-order valence-corrected chi connectivity index (χ0v) is 15.4. The Bertz CT molecular complexity index is 760. The van der Waals surface area contributed by atoms with Crippen molar-refractivity contribution in [3.8, 4) is 0 Å². The van der Waals surface area contributed by atoms with Gasteiger partial charge in [0.05, 0.1) is 13.0 Å². The number of β-amino-alcohol motifs (C(OH)–C–C–N with tert-alkyl or cyclic N) is 1. The average Bonchev–Trinajstić information content (AvgIpc) is 3.01. The van der Waals surface area contributed by atoms with Crippen molar-refractivity contribution < 1.29 is 15.0 Å². The van der Waals surface area contributed by atoms with Gasteiger partial charge in [0.1, 0.15) is 17.5 Å². The summed E-state index contributed by atoms with van der Waals surface area (Å²) in [6.45, 7) is 6.18. The third-order valence-corrected chi connectivity index (χ3v) is 4.96.